The van der Waals surface area contributed by atoms with E-state index in [0.29, 0.717) is 0 Å². The van der Waals surface area contributed by atoms with Gasteiger partial charge in [0, 0.05) is 19.1 Å². The fraction of sp³-hybridized carbons (Fsp3) is 0.941. The number of likely N-dealkylation sites (N-methyl/N-ethyl adjacent to an activating group) is 1. The van der Waals surface area contributed by atoms with E-state index < -0.39 is 0 Å². The second-order valence-electron chi connectivity index (χ2n) is 7.13. The van der Waals surface area contributed by atoms with Gasteiger partial charge in [0.1, 0.15) is 0 Å². The van der Waals surface area contributed by atoms with Crippen LogP contribution in [0.5, 0.6) is 0 Å². The third kappa shape index (κ3) is 4.13. The summed E-state index contributed by atoms with van der Waals surface area (Å²) in [5, 5.41) is 12.3. The smallest absolute Gasteiger partial charge is 0.317 e. The lowest BCUT2D eigenvalue weighted by Crippen LogP contribution is -2.59. The van der Waals surface area contributed by atoms with Crippen LogP contribution in [0.25, 0.3) is 0 Å². The number of aliphatic hydroxyl groups excluding tert-OH is 1. The molecule has 2 fully saturated rings. The summed E-state index contributed by atoms with van der Waals surface area (Å²) in [6.45, 7) is 4.97. The van der Waals surface area contributed by atoms with Crippen LogP contribution in [0, 0.1) is 0 Å². The molecule has 1 saturated carbocycles. The van der Waals surface area contributed by atoms with Crippen molar-refractivity contribution in [1.82, 2.24) is 15.1 Å². The van der Waals surface area contributed by atoms with Crippen LogP contribution in [-0.4, -0.2) is 65.8 Å². The summed E-state index contributed by atoms with van der Waals surface area (Å²) in [7, 11) is 1.75. The number of rotatable bonds is 5. The maximum Gasteiger partial charge on any atom is 0.317 e. The molecule has 22 heavy (non-hydrogen) atoms. The van der Waals surface area contributed by atoms with Gasteiger partial charge >= 0.3 is 6.03 Å². The molecule has 5 nitrogen and oxygen atoms in total. The third-order valence-corrected chi connectivity index (χ3v) is 5.63. The number of urea groups is 1. The number of amides is 2. The summed E-state index contributed by atoms with van der Waals surface area (Å²) in [4.78, 5) is 16.5. The lowest BCUT2D eigenvalue weighted by Gasteiger charge is -2.48. The first-order valence-electron chi connectivity index (χ1n) is 8.96. The van der Waals surface area contributed by atoms with Crippen LogP contribution < -0.4 is 5.32 Å². The van der Waals surface area contributed by atoms with Crippen molar-refractivity contribution in [2.45, 2.75) is 69.9 Å². The molecule has 0 radical (unpaired) electrons. The molecule has 1 atom stereocenters. The highest BCUT2D eigenvalue weighted by atomic mass is 16.3. The van der Waals surface area contributed by atoms with Gasteiger partial charge in [-0.1, -0.05) is 25.7 Å². The maximum absolute atomic E-state index is 12.3. The molecule has 0 aromatic heterocycles. The first-order valence-corrected chi connectivity index (χ1v) is 8.96. The fourth-order valence-electron chi connectivity index (χ4n) is 3.87. The predicted octanol–water partition coefficient (Wildman–Crippen LogP) is 2.20. The average Bonchev–Trinajstić information content (AvgIpc) is 2.59. The van der Waals surface area contributed by atoms with E-state index in [1.54, 1.807) is 11.9 Å². The highest BCUT2D eigenvalue weighted by molar-refractivity contribution is 5.74. The molecular formula is C17H33N3O2. The quantitative estimate of drug-likeness (QED) is 0.818. The molecule has 0 aromatic carbocycles. The van der Waals surface area contributed by atoms with Crippen molar-refractivity contribution in [2.24, 2.45) is 0 Å². The molecule has 0 aromatic rings. The maximum atomic E-state index is 12.3. The van der Waals surface area contributed by atoms with E-state index in [0.717, 1.165) is 6.54 Å². The zero-order chi connectivity index (χ0) is 16.0. The van der Waals surface area contributed by atoms with Gasteiger partial charge in [-0.3, -0.25) is 4.90 Å². The molecule has 0 bridgehead atoms. The zero-order valence-electron chi connectivity index (χ0n) is 14.3. The number of carbonyl (C=O) groups is 1. The first kappa shape index (κ1) is 17.5. The molecule has 1 unspecified atom stereocenters. The average molecular weight is 311 g/mol. The van der Waals surface area contributed by atoms with Gasteiger partial charge in [-0.05, 0) is 45.7 Å². The van der Waals surface area contributed by atoms with Crippen LogP contribution >= 0.6 is 0 Å². The minimum Gasteiger partial charge on any atom is -0.394 e. The van der Waals surface area contributed by atoms with Crippen molar-refractivity contribution in [3.63, 3.8) is 0 Å². The molecule has 2 aliphatic rings. The Bertz CT molecular complexity index is 350. The molecule has 1 saturated heterocycles. The van der Waals surface area contributed by atoms with Gasteiger partial charge in [0.25, 0.3) is 0 Å². The number of aliphatic hydroxyl groups is 1. The highest BCUT2D eigenvalue weighted by Crippen LogP contribution is 2.35. The Balaban J connectivity index is 1.96. The normalized spacial score (nSPS) is 23.8. The summed E-state index contributed by atoms with van der Waals surface area (Å²) in [6.07, 6.45) is 10.2. The number of nitrogens with one attached hydrogen (secondary N) is 1. The van der Waals surface area contributed by atoms with Crippen molar-refractivity contribution in [2.75, 3.05) is 33.3 Å². The van der Waals surface area contributed by atoms with Crippen LogP contribution in [0.4, 0.5) is 4.79 Å². The monoisotopic (exact) mass is 311 g/mol. The highest BCUT2D eigenvalue weighted by Gasteiger charge is 2.38. The van der Waals surface area contributed by atoms with Gasteiger partial charge in [-0.25, -0.2) is 4.79 Å². The minimum absolute atomic E-state index is 0.00118. The Morgan fingerprint density at radius 2 is 1.77 bits per heavy atom. The summed E-state index contributed by atoms with van der Waals surface area (Å²) >= 11 is 0. The Kier molecular flexibility index (Phi) is 6.50. The van der Waals surface area contributed by atoms with Gasteiger partial charge in [0.2, 0.25) is 0 Å². The predicted molar refractivity (Wildman–Crippen MR) is 88.9 cm³/mol. The van der Waals surface area contributed by atoms with E-state index >= 15 is 0 Å². The van der Waals surface area contributed by atoms with Gasteiger partial charge in [0.15, 0.2) is 0 Å². The molecule has 2 amide bonds. The lowest BCUT2D eigenvalue weighted by atomic mass is 9.79. The molecular weight excluding hydrogens is 278 g/mol. The molecule has 1 heterocycles. The Morgan fingerprint density at radius 3 is 2.36 bits per heavy atom. The summed E-state index contributed by atoms with van der Waals surface area (Å²) < 4.78 is 0. The fourth-order valence-corrected chi connectivity index (χ4v) is 3.87. The van der Waals surface area contributed by atoms with Crippen LogP contribution in [-0.2, 0) is 0 Å². The second kappa shape index (κ2) is 8.16. The Hall–Kier alpha value is -0.810. The number of likely N-dealkylation sites (tertiary alicyclic amines) is 1. The van der Waals surface area contributed by atoms with Crippen LogP contribution in [0.2, 0.25) is 0 Å². The molecule has 5 heteroatoms. The van der Waals surface area contributed by atoms with E-state index in [1.165, 1.54) is 64.5 Å². The number of nitrogens with zero attached hydrogens (tertiary/aromatic N) is 2. The molecule has 0 spiro atoms. The molecule has 1 aliphatic carbocycles. The number of hydrogen-bond acceptors (Lipinski definition) is 3. The summed E-state index contributed by atoms with van der Waals surface area (Å²) in [5.41, 5.74) is 0.164. The van der Waals surface area contributed by atoms with Crippen molar-refractivity contribution >= 4 is 6.03 Å². The van der Waals surface area contributed by atoms with Gasteiger partial charge < -0.3 is 15.3 Å². The second-order valence-corrected chi connectivity index (χ2v) is 7.13. The van der Waals surface area contributed by atoms with Crippen LogP contribution in [0.3, 0.4) is 0 Å². The Labute approximate surface area is 135 Å². The van der Waals surface area contributed by atoms with Gasteiger partial charge in [-0.2, -0.15) is 0 Å². The Morgan fingerprint density at radius 1 is 1.18 bits per heavy atom. The van der Waals surface area contributed by atoms with Crippen molar-refractivity contribution in [3.05, 3.63) is 0 Å². The SMILES string of the molecule is CC(CO)N(C)C(=O)NCC1(N2CCCCC2)CCCCC1. The van der Waals surface area contributed by atoms with Gasteiger partial charge in [0.05, 0.1) is 12.6 Å². The molecule has 2 rings (SSSR count). The van der Waals surface area contributed by atoms with E-state index in [9.17, 15) is 9.90 Å². The first-order chi connectivity index (χ1) is 10.6. The zero-order valence-corrected chi connectivity index (χ0v) is 14.3. The van der Waals surface area contributed by atoms with E-state index in [4.69, 9.17) is 0 Å². The van der Waals surface area contributed by atoms with Gasteiger partial charge in [-0.15, -0.1) is 0 Å². The van der Waals surface area contributed by atoms with Crippen molar-refractivity contribution in [1.29, 1.82) is 0 Å². The summed E-state index contributed by atoms with van der Waals surface area (Å²) in [6, 6.07) is -0.208. The molecule has 2 N–H and O–H groups in total. The number of hydrogen-bond donors (Lipinski definition) is 2. The van der Waals surface area contributed by atoms with E-state index in [2.05, 4.69) is 10.2 Å². The number of piperidine rings is 1. The standard InChI is InChI=1S/C17H33N3O2/c1-15(13-21)19(2)16(22)18-14-17(9-5-3-6-10-17)20-11-7-4-8-12-20/h15,21H,3-14H2,1-2H3,(H,18,22). The van der Waals surface area contributed by atoms with Crippen LogP contribution in [0.1, 0.15) is 58.3 Å². The minimum atomic E-state index is -0.141. The third-order valence-electron chi connectivity index (χ3n) is 5.63. The van der Waals surface area contributed by atoms with Crippen LogP contribution in [0.15, 0.2) is 0 Å². The lowest BCUT2D eigenvalue weighted by molar-refractivity contribution is 0.0340. The topological polar surface area (TPSA) is 55.8 Å². The van der Waals surface area contributed by atoms with Crippen molar-refractivity contribution < 1.29 is 9.90 Å². The van der Waals surface area contributed by atoms with E-state index in [1.807, 2.05) is 6.92 Å². The molecule has 128 valence electrons. The summed E-state index contributed by atoms with van der Waals surface area (Å²) in [5.74, 6) is 0. The van der Waals surface area contributed by atoms with Crippen molar-refractivity contribution in [3.8, 4) is 0 Å². The van der Waals surface area contributed by atoms with E-state index in [-0.39, 0.29) is 24.2 Å². The largest absolute Gasteiger partial charge is 0.394 e. The molecule has 1 aliphatic heterocycles. The number of carbonyl (C=O) groups excluding carboxylic acids is 1.